The molecule has 8 heteroatoms. The van der Waals surface area contributed by atoms with Crippen LogP contribution in [0.4, 0.5) is 0 Å². The summed E-state index contributed by atoms with van der Waals surface area (Å²) in [6.07, 6.45) is 1.49. The van der Waals surface area contributed by atoms with E-state index in [2.05, 4.69) is 22.7 Å². The molecule has 3 N–H and O–H groups in total. The number of halogens is 2. The van der Waals surface area contributed by atoms with Gasteiger partial charge < -0.3 is 10.5 Å². The summed E-state index contributed by atoms with van der Waals surface area (Å²) in [5.74, 6) is -0.234. The zero-order valence-corrected chi connectivity index (χ0v) is 14.0. The molecule has 0 saturated heterocycles. The van der Waals surface area contributed by atoms with E-state index in [-0.39, 0.29) is 15.7 Å². The van der Waals surface area contributed by atoms with Crippen molar-refractivity contribution in [3.05, 3.63) is 63.6 Å². The Bertz CT molecular complexity index is 781. The van der Waals surface area contributed by atoms with Crippen molar-refractivity contribution in [3.8, 4) is 5.75 Å². The number of carbonyl (C=O) groups excluding carboxylic acids is 1. The third-order valence-corrected chi connectivity index (χ3v) is 3.25. The number of hydrazone groups is 1. The largest absolute Gasteiger partial charge is 0.423 e. The number of hydrogen-bond donors (Lipinski definition) is 2. The van der Waals surface area contributed by atoms with E-state index in [0.717, 1.165) is 0 Å². The van der Waals surface area contributed by atoms with E-state index < -0.39 is 5.97 Å². The lowest BCUT2D eigenvalue weighted by atomic mass is 10.2. The van der Waals surface area contributed by atoms with Crippen LogP contribution in [0.5, 0.6) is 5.75 Å². The second-order valence-corrected chi connectivity index (χ2v) is 5.60. The second-order valence-electron chi connectivity index (χ2n) is 4.32. The molecule has 0 bridgehead atoms. The molecule has 2 rings (SSSR count). The van der Waals surface area contributed by atoms with Gasteiger partial charge >= 0.3 is 5.97 Å². The van der Waals surface area contributed by atoms with E-state index in [1.54, 1.807) is 30.3 Å². The summed E-state index contributed by atoms with van der Waals surface area (Å²) in [6, 6.07) is 11.3. The lowest BCUT2D eigenvalue weighted by Gasteiger charge is -2.06. The standard InChI is InChI=1S/C15H11Cl2N3O2S/c16-10-4-5-12(13(17)7-10)14(21)22-11-3-1-2-9(6-11)8-19-20-15(18)23/h1-8H,(H3,18,20,23)/b19-8-. The van der Waals surface area contributed by atoms with Crippen molar-refractivity contribution >= 4 is 52.7 Å². The van der Waals surface area contributed by atoms with Gasteiger partial charge in [0.1, 0.15) is 5.75 Å². The minimum Gasteiger partial charge on any atom is -0.423 e. The molecule has 0 amide bonds. The Balaban J connectivity index is 2.12. The summed E-state index contributed by atoms with van der Waals surface area (Å²) in [7, 11) is 0. The molecule has 118 valence electrons. The minimum absolute atomic E-state index is 0.0567. The Morgan fingerprint density at radius 3 is 2.74 bits per heavy atom. The summed E-state index contributed by atoms with van der Waals surface area (Å²) in [6.45, 7) is 0. The Morgan fingerprint density at radius 1 is 1.26 bits per heavy atom. The number of nitrogens with one attached hydrogen (secondary N) is 1. The van der Waals surface area contributed by atoms with Crippen LogP contribution < -0.4 is 15.9 Å². The molecule has 2 aromatic carbocycles. The Hall–Kier alpha value is -2.15. The van der Waals surface area contributed by atoms with Gasteiger partial charge in [0.2, 0.25) is 0 Å². The predicted octanol–water partition coefficient (Wildman–Crippen LogP) is 3.38. The minimum atomic E-state index is -0.581. The third kappa shape index (κ3) is 5.21. The van der Waals surface area contributed by atoms with Gasteiger partial charge in [0.15, 0.2) is 5.11 Å². The number of esters is 1. The van der Waals surface area contributed by atoms with Crippen LogP contribution >= 0.6 is 35.4 Å². The maximum Gasteiger partial charge on any atom is 0.345 e. The first kappa shape index (κ1) is 17.2. The van der Waals surface area contributed by atoms with Gasteiger partial charge in [0.05, 0.1) is 16.8 Å². The highest BCUT2D eigenvalue weighted by atomic mass is 35.5. The maximum absolute atomic E-state index is 12.1. The Labute approximate surface area is 148 Å². The number of thiocarbonyl (C=S) groups is 1. The van der Waals surface area contributed by atoms with Crippen LogP contribution in [-0.2, 0) is 0 Å². The van der Waals surface area contributed by atoms with Crippen molar-refractivity contribution in [3.63, 3.8) is 0 Å². The van der Waals surface area contributed by atoms with E-state index in [1.807, 2.05) is 0 Å². The number of ether oxygens (including phenoxy) is 1. The SMILES string of the molecule is NC(=S)N/N=C\c1cccc(OC(=O)c2ccc(Cl)cc2Cl)c1. The fourth-order valence-corrected chi connectivity index (χ4v) is 2.18. The summed E-state index contributed by atoms with van der Waals surface area (Å²) in [4.78, 5) is 12.1. The smallest absolute Gasteiger partial charge is 0.345 e. The normalized spacial score (nSPS) is 10.5. The van der Waals surface area contributed by atoms with Crippen LogP contribution in [-0.4, -0.2) is 17.3 Å². The highest BCUT2D eigenvalue weighted by Crippen LogP contribution is 2.23. The molecule has 0 spiro atoms. The predicted molar refractivity (Wildman–Crippen MR) is 95.4 cm³/mol. The topological polar surface area (TPSA) is 76.7 Å². The summed E-state index contributed by atoms with van der Waals surface area (Å²) in [5.41, 5.74) is 8.61. The van der Waals surface area contributed by atoms with Crippen molar-refractivity contribution in [2.24, 2.45) is 10.8 Å². The fourth-order valence-electron chi connectivity index (χ4n) is 1.65. The molecule has 23 heavy (non-hydrogen) atoms. The molecule has 5 nitrogen and oxygen atoms in total. The third-order valence-electron chi connectivity index (χ3n) is 2.61. The molecule has 0 fully saturated rings. The van der Waals surface area contributed by atoms with E-state index >= 15 is 0 Å². The lowest BCUT2D eigenvalue weighted by molar-refractivity contribution is 0.0735. The molecule has 0 aromatic heterocycles. The van der Waals surface area contributed by atoms with Crippen molar-refractivity contribution in [1.82, 2.24) is 5.43 Å². The molecule has 0 radical (unpaired) electrons. The molecule has 0 aliphatic carbocycles. The zero-order valence-electron chi connectivity index (χ0n) is 11.6. The van der Waals surface area contributed by atoms with Crippen LogP contribution in [0.25, 0.3) is 0 Å². The molecular weight excluding hydrogens is 357 g/mol. The monoisotopic (exact) mass is 367 g/mol. The Kier molecular flexibility index (Phi) is 5.92. The van der Waals surface area contributed by atoms with Crippen molar-refractivity contribution in [2.45, 2.75) is 0 Å². The number of rotatable bonds is 4. The average Bonchev–Trinajstić information content (AvgIpc) is 2.47. The van der Waals surface area contributed by atoms with Gasteiger partial charge in [-0.25, -0.2) is 4.79 Å². The summed E-state index contributed by atoms with van der Waals surface area (Å²) in [5, 5.41) is 4.55. The number of nitrogens with zero attached hydrogens (tertiary/aromatic N) is 1. The van der Waals surface area contributed by atoms with Gasteiger partial charge in [-0.1, -0.05) is 35.3 Å². The molecule has 2 aromatic rings. The molecule has 0 aliphatic heterocycles. The molecule has 0 heterocycles. The van der Waals surface area contributed by atoms with Crippen molar-refractivity contribution < 1.29 is 9.53 Å². The summed E-state index contributed by atoms with van der Waals surface area (Å²) >= 11 is 16.4. The van der Waals surface area contributed by atoms with Crippen molar-refractivity contribution in [1.29, 1.82) is 0 Å². The Morgan fingerprint density at radius 2 is 2.04 bits per heavy atom. The molecule has 0 saturated carbocycles. The molecule has 0 atom stereocenters. The number of carbonyl (C=O) groups is 1. The highest BCUT2D eigenvalue weighted by Gasteiger charge is 2.13. The van der Waals surface area contributed by atoms with E-state index in [0.29, 0.717) is 16.3 Å². The van der Waals surface area contributed by atoms with E-state index in [9.17, 15) is 4.79 Å². The first-order valence-electron chi connectivity index (χ1n) is 6.31. The highest BCUT2D eigenvalue weighted by molar-refractivity contribution is 7.80. The van der Waals surface area contributed by atoms with E-state index in [4.69, 9.17) is 33.7 Å². The fraction of sp³-hybridized carbons (Fsp3) is 0. The van der Waals surface area contributed by atoms with Gasteiger partial charge in [-0.3, -0.25) is 5.43 Å². The first-order chi connectivity index (χ1) is 11.0. The van der Waals surface area contributed by atoms with Crippen LogP contribution in [0, 0.1) is 0 Å². The number of nitrogens with two attached hydrogens (primary N) is 1. The van der Waals surface area contributed by atoms with Crippen molar-refractivity contribution in [2.75, 3.05) is 0 Å². The molecular formula is C15H11Cl2N3O2S. The van der Waals surface area contributed by atoms with Gasteiger partial charge in [-0.15, -0.1) is 0 Å². The maximum atomic E-state index is 12.1. The van der Waals surface area contributed by atoms with Crippen LogP contribution in [0.2, 0.25) is 10.0 Å². The zero-order chi connectivity index (χ0) is 16.8. The van der Waals surface area contributed by atoms with E-state index in [1.165, 1.54) is 18.3 Å². The van der Waals surface area contributed by atoms with Crippen LogP contribution in [0.1, 0.15) is 15.9 Å². The van der Waals surface area contributed by atoms with Gasteiger partial charge in [-0.2, -0.15) is 5.10 Å². The number of hydrogen-bond acceptors (Lipinski definition) is 4. The molecule has 0 unspecified atom stereocenters. The quantitative estimate of drug-likeness (QED) is 0.285. The van der Waals surface area contributed by atoms with Gasteiger partial charge in [0, 0.05) is 5.02 Å². The van der Waals surface area contributed by atoms with Crippen LogP contribution in [0.15, 0.2) is 47.6 Å². The van der Waals surface area contributed by atoms with Gasteiger partial charge in [0.25, 0.3) is 0 Å². The molecule has 0 aliphatic rings. The average molecular weight is 368 g/mol. The van der Waals surface area contributed by atoms with Gasteiger partial charge in [-0.05, 0) is 48.1 Å². The van der Waals surface area contributed by atoms with Crippen LogP contribution in [0.3, 0.4) is 0 Å². The number of benzene rings is 2. The first-order valence-corrected chi connectivity index (χ1v) is 7.48. The second kappa shape index (κ2) is 7.92. The lowest BCUT2D eigenvalue weighted by Crippen LogP contribution is -2.23. The summed E-state index contributed by atoms with van der Waals surface area (Å²) < 4.78 is 5.29.